The molecule has 2 aromatic rings. The number of unbranched alkanes of at least 4 members (excludes halogenated alkanes) is 11. The number of hydrogen-bond donors (Lipinski definition) is 1. The first kappa shape index (κ1) is 23.5. The minimum Gasteiger partial charge on any atom is -0.481 e. The highest BCUT2D eigenvalue weighted by molar-refractivity contribution is 5.89. The summed E-state index contributed by atoms with van der Waals surface area (Å²) in [6, 6.07) is 6.42. The molecule has 2 rings (SSSR count). The van der Waals surface area contributed by atoms with Crippen molar-refractivity contribution in [3.8, 4) is 0 Å². The smallest absolute Gasteiger partial charge is 0.307 e. The van der Waals surface area contributed by atoms with Crippen LogP contribution >= 0.6 is 0 Å². The molecule has 0 aliphatic carbocycles. The van der Waals surface area contributed by atoms with E-state index in [0.29, 0.717) is 0 Å². The first-order valence-electron chi connectivity index (χ1n) is 11.8. The van der Waals surface area contributed by atoms with Gasteiger partial charge in [0.25, 0.3) is 0 Å². The summed E-state index contributed by atoms with van der Waals surface area (Å²) in [5, 5.41) is 10.4. The van der Waals surface area contributed by atoms with E-state index in [4.69, 9.17) is 0 Å². The van der Waals surface area contributed by atoms with Crippen LogP contribution in [-0.2, 0) is 17.8 Å². The van der Waals surface area contributed by atoms with Gasteiger partial charge >= 0.3 is 5.97 Å². The van der Waals surface area contributed by atoms with E-state index in [1.165, 1.54) is 88.1 Å². The molecular weight excluding hydrogens is 358 g/mol. The Morgan fingerprint density at radius 1 is 0.862 bits per heavy atom. The molecule has 0 unspecified atom stereocenters. The maximum Gasteiger partial charge on any atom is 0.307 e. The van der Waals surface area contributed by atoms with Crippen LogP contribution in [0.25, 0.3) is 10.9 Å². The second kappa shape index (κ2) is 12.7. The number of carboxylic acid groups (broad SMARTS) is 1. The predicted octanol–water partition coefficient (Wildman–Crippen LogP) is 7.59. The summed E-state index contributed by atoms with van der Waals surface area (Å²) in [4.78, 5) is 11.3. The first-order valence-corrected chi connectivity index (χ1v) is 11.8. The molecule has 1 aromatic carbocycles. The summed E-state index contributed by atoms with van der Waals surface area (Å²) in [5.41, 5.74) is 4.48. The second-order valence-electron chi connectivity index (χ2n) is 8.70. The monoisotopic (exact) mass is 399 g/mol. The summed E-state index contributed by atoms with van der Waals surface area (Å²) >= 11 is 0. The SMILES string of the molecule is CCCCCCCCCCCCCCn1c(C)c(CC(=O)O)c2cc(C)ccc21. The van der Waals surface area contributed by atoms with Crippen molar-refractivity contribution in [2.24, 2.45) is 0 Å². The highest BCUT2D eigenvalue weighted by atomic mass is 16.4. The Morgan fingerprint density at radius 2 is 1.41 bits per heavy atom. The number of aromatic nitrogens is 1. The third kappa shape index (κ3) is 7.53. The number of rotatable bonds is 15. The lowest BCUT2D eigenvalue weighted by atomic mass is 10.1. The molecule has 3 nitrogen and oxygen atoms in total. The lowest BCUT2D eigenvalue weighted by molar-refractivity contribution is -0.136. The normalized spacial score (nSPS) is 11.4. The Hall–Kier alpha value is -1.77. The molecule has 162 valence electrons. The van der Waals surface area contributed by atoms with Gasteiger partial charge in [-0.1, -0.05) is 89.2 Å². The number of nitrogens with zero attached hydrogens (tertiary/aromatic N) is 1. The van der Waals surface area contributed by atoms with E-state index in [0.717, 1.165) is 23.2 Å². The molecule has 0 aliphatic heterocycles. The zero-order valence-corrected chi connectivity index (χ0v) is 18.9. The van der Waals surface area contributed by atoms with Crippen LogP contribution in [0.3, 0.4) is 0 Å². The molecule has 0 amide bonds. The van der Waals surface area contributed by atoms with E-state index in [-0.39, 0.29) is 6.42 Å². The molecule has 1 N–H and O–H groups in total. The summed E-state index contributed by atoms with van der Waals surface area (Å²) in [7, 11) is 0. The van der Waals surface area contributed by atoms with Crippen molar-refractivity contribution >= 4 is 16.9 Å². The largest absolute Gasteiger partial charge is 0.481 e. The summed E-state index contributed by atoms with van der Waals surface area (Å²) in [6.45, 7) is 7.41. The number of aliphatic carboxylic acids is 1. The van der Waals surface area contributed by atoms with Gasteiger partial charge in [0, 0.05) is 23.1 Å². The number of carboxylic acids is 1. The maximum absolute atomic E-state index is 11.3. The van der Waals surface area contributed by atoms with Gasteiger partial charge in [0.05, 0.1) is 6.42 Å². The molecule has 0 spiro atoms. The molecule has 0 radical (unpaired) electrons. The molecule has 0 saturated heterocycles. The van der Waals surface area contributed by atoms with Gasteiger partial charge in [-0.25, -0.2) is 0 Å². The van der Waals surface area contributed by atoms with Gasteiger partial charge in [0.1, 0.15) is 0 Å². The Morgan fingerprint density at radius 3 is 1.97 bits per heavy atom. The molecule has 0 atom stereocenters. The van der Waals surface area contributed by atoms with E-state index in [2.05, 4.69) is 43.5 Å². The van der Waals surface area contributed by atoms with Gasteiger partial charge in [-0.15, -0.1) is 0 Å². The fourth-order valence-electron chi connectivity index (χ4n) is 4.44. The first-order chi connectivity index (χ1) is 14.0. The lowest BCUT2D eigenvalue weighted by Crippen LogP contribution is -2.04. The highest BCUT2D eigenvalue weighted by Gasteiger charge is 2.16. The summed E-state index contributed by atoms with van der Waals surface area (Å²) in [6.07, 6.45) is 16.4. The van der Waals surface area contributed by atoms with E-state index < -0.39 is 5.97 Å². The lowest BCUT2D eigenvalue weighted by Gasteiger charge is -2.09. The molecule has 0 fully saturated rings. The van der Waals surface area contributed by atoms with Crippen LogP contribution in [0.4, 0.5) is 0 Å². The van der Waals surface area contributed by atoms with E-state index in [9.17, 15) is 9.90 Å². The number of aryl methyl sites for hydroxylation is 2. The van der Waals surface area contributed by atoms with Crippen LogP contribution in [0.2, 0.25) is 0 Å². The van der Waals surface area contributed by atoms with Crippen LogP contribution in [0.5, 0.6) is 0 Å². The number of fused-ring (bicyclic) bond motifs is 1. The van der Waals surface area contributed by atoms with Gasteiger partial charge < -0.3 is 9.67 Å². The quantitative estimate of drug-likeness (QED) is 0.313. The third-order valence-electron chi connectivity index (χ3n) is 6.17. The predicted molar refractivity (Wildman–Crippen MR) is 124 cm³/mol. The van der Waals surface area contributed by atoms with E-state index in [1.807, 2.05) is 0 Å². The number of hydrogen-bond acceptors (Lipinski definition) is 1. The zero-order valence-electron chi connectivity index (χ0n) is 18.9. The van der Waals surface area contributed by atoms with Gasteiger partial charge in [-0.3, -0.25) is 4.79 Å². The topological polar surface area (TPSA) is 42.2 Å². The van der Waals surface area contributed by atoms with Crippen LogP contribution in [0, 0.1) is 13.8 Å². The average molecular weight is 400 g/mol. The average Bonchev–Trinajstić information content (AvgIpc) is 2.93. The number of carbonyl (C=O) groups is 1. The second-order valence-corrected chi connectivity index (χ2v) is 8.70. The zero-order chi connectivity index (χ0) is 21.1. The molecule has 1 heterocycles. The van der Waals surface area contributed by atoms with Gasteiger partial charge in [0.2, 0.25) is 0 Å². The van der Waals surface area contributed by atoms with E-state index in [1.54, 1.807) is 0 Å². The minimum atomic E-state index is -0.751. The molecule has 29 heavy (non-hydrogen) atoms. The highest BCUT2D eigenvalue weighted by Crippen LogP contribution is 2.28. The van der Waals surface area contributed by atoms with Crippen molar-refractivity contribution in [3.05, 3.63) is 35.0 Å². The van der Waals surface area contributed by atoms with E-state index >= 15 is 0 Å². The maximum atomic E-state index is 11.3. The molecule has 0 aliphatic rings. The van der Waals surface area contributed by atoms with Gasteiger partial charge in [-0.05, 0) is 38.0 Å². The Bertz CT molecular complexity index is 760. The standard InChI is InChI=1S/C26H41NO2/c1-4-5-6-7-8-9-10-11-12-13-14-15-18-27-22(3)23(20-26(28)29)24-19-21(2)16-17-25(24)27/h16-17,19H,4-15,18,20H2,1-3H3,(H,28,29). The van der Waals surface area contributed by atoms with Crippen LogP contribution in [-0.4, -0.2) is 15.6 Å². The summed E-state index contributed by atoms with van der Waals surface area (Å²) in [5.74, 6) is -0.751. The van der Waals surface area contributed by atoms with Crippen molar-refractivity contribution in [1.29, 1.82) is 0 Å². The van der Waals surface area contributed by atoms with Crippen LogP contribution < -0.4 is 0 Å². The Labute approximate surface area is 177 Å². The van der Waals surface area contributed by atoms with Gasteiger partial charge in [0.15, 0.2) is 0 Å². The molecule has 0 saturated carbocycles. The van der Waals surface area contributed by atoms with Crippen LogP contribution in [0.15, 0.2) is 18.2 Å². The minimum absolute atomic E-state index is 0.108. The third-order valence-corrected chi connectivity index (χ3v) is 6.17. The molecule has 1 aromatic heterocycles. The van der Waals surface area contributed by atoms with Crippen molar-refractivity contribution in [3.63, 3.8) is 0 Å². The fraction of sp³-hybridized carbons (Fsp3) is 0.654. The van der Waals surface area contributed by atoms with Crippen LogP contribution in [0.1, 0.15) is 101 Å². The van der Waals surface area contributed by atoms with Crippen molar-refractivity contribution in [1.82, 2.24) is 4.57 Å². The van der Waals surface area contributed by atoms with Gasteiger partial charge in [-0.2, -0.15) is 0 Å². The summed E-state index contributed by atoms with van der Waals surface area (Å²) < 4.78 is 2.34. The molecule has 3 heteroatoms. The molecular formula is C26H41NO2. The van der Waals surface area contributed by atoms with Crippen molar-refractivity contribution < 1.29 is 9.90 Å². The number of benzene rings is 1. The molecule has 0 bridgehead atoms. The van der Waals surface area contributed by atoms with Crippen molar-refractivity contribution in [2.75, 3.05) is 0 Å². The Kier molecular flexibility index (Phi) is 10.3. The van der Waals surface area contributed by atoms with Crippen molar-refractivity contribution in [2.45, 2.75) is 111 Å². The Balaban J connectivity index is 1.74. The fourth-order valence-corrected chi connectivity index (χ4v) is 4.44.